The lowest BCUT2D eigenvalue weighted by Gasteiger charge is -1.91. The molecule has 0 amide bonds. The SMILES string of the molecule is O=c1[nH]nc(-c2cc(-c3ccncc3)n[nH]2)o1. The molecule has 3 aromatic heterocycles. The number of rotatable bonds is 2. The van der Waals surface area contributed by atoms with Crippen molar-refractivity contribution in [2.75, 3.05) is 0 Å². The Kier molecular flexibility index (Phi) is 2.08. The van der Waals surface area contributed by atoms with E-state index in [0.29, 0.717) is 5.69 Å². The van der Waals surface area contributed by atoms with Crippen molar-refractivity contribution in [1.82, 2.24) is 25.4 Å². The van der Waals surface area contributed by atoms with Crippen LogP contribution in [0.3, 0.4) is 0 Å². The van der Waals surface area contributed by atoms with Gasteiger partial charge in [0.15, 0.2) is 0 Å². The largest absolute Gasteiger partial charge is 0.434 e. The molecule has 0 aromatic carbocycles. The van der Waals surface area contributed by atoms with Crippen molar-refractivity contribution >= 4 is 0 Å². The average molecular weight is 229 g/mol. The fourth-order valence-electron chi connectivity index (χ4n) is 1.45. The van der Waals surface area contributed by atoms with E-state index in [1.807, 2.05) is 12.1 Å². The van der Waals surface area contributed by atoms with Crippen molar-refractivity contribution in [3.8, 4) is 22.8 Å². The number of nitrogens with zero attached hydrogens (tertiary/aromatic N) is 3. The van der Waals surface area contributed by atoms with Gasteiger partial charge in [0.25, 0.3) is 5.89 Å². The molecular formula is C10H7N5O2. The minimum Gasteiger partial charge on any atom is -0.386 e. The van der Waals surface area contributed by atoms with Crippen LogP contribution in [-0.2, 0) is 0 Å². The molecular weight excluding hydrogens is 222 g/mol. The maximum absolute atomic E-state index is 10.8. The average Bonchev–Trinajstić information content (AvgIpc) is 2.98. The Morgan fingerprint density at radius 2 is 1.94 bits per heavy atom. The molecule has 0 atom stereocenters. The van der Waals surface area contributed by atoms with Crippen molar-refractivity contribution in [1.29, 1.82) is 0 Å². The molecule has 0 unspecified atom stereocenters. The predicted octanol–water partition coefficient (Wildman–Crippen LogP) is 0.815. The third-order valence-electron chi connectivity index (χ3n) is 2.22. The molecule has 7 heteroatoms. The molecule has 3 heterocycles. The van der Waals surface area contributed by atoms with Gasteiger partial charge >= 0.3 is 5.76 Å². The summed E-state index contributed by atoms with van der Waals surface area (Å²) in [6.07, 6.45) is 3.36. The molecule has 3 aromatic rings. The third kappa shape index (κ3) is 1.73. The van der Waals surface area contributed by atoms with Crippen LogP contribution < -0.4 is 5.76 Å². The fraction of sp³-hybridized carbons (Fsp3) is 0. The second-order valence-corrected chi connectivity index (χ2v) is 3.32. The molecule has 7 nitrogen and oxygen atoms in total. The van der Waals surface area contributed by atoms with Crippen LogP contribution >= 0.6 is 0 Å². The lowest BCUT2D eigenvalue weighted by atomic mass is 10.2. The zero-order valence-corrected chi connectivity index (χ0v) is 8.54. The van der Waals surface area contributed by atoms with E-state index in [1.165, 1.54) is 0 Å². The Hall–Kier alpha value is -2.70. The Balaban J connectivity index is 2.01. The molecule has 0 aliphatic carbocycles. The smallest absolute Gasteiger partial charge is 0.386 e. The molecule has 84 valence electrons. The minimum absolute atomic E-state index is 0.183. The Morgan fingerprint density at radius 1 is 1.12 bits per heavy atom. The molecule has 0 saturated carbocycles. The van der Waals surface area contributed by atoms with Crippen molar-refractivity contribution in [3.63, 3.8) is 0 Å². The van der Waals surface area contributed by atoms with Crippen molar-refractivity contribution in [2.24, 2.45) is 0 Å². The van der Waals surface area contributed by atoms with Crippen LogP contribution in [0.4, 0.5) is 0 Å². The van der Waals surface area contributed by atoms with E-state index in [9.17, 15) is 4.79 Å². The minimum atomic E-state index is -0.597. The number of hydrogen-bond acceptors (Lipinski definition) is 5. The van der Waals surface area contributed by atoms with Crippen LogP contribution in [0.25, 0.3) is 22.8 Å². The number of pyridine rings is 1. The van der Waals surface area contributed by atoms with Crippen LogP contribution in [0.1, 0.15) is 0 Å². The maximum Gasteiger partial charge on any atom is 0.434 e. The second kappa shape index (κ2) is 3.71. The summed E-state index contributed by atoms with van der Waals surface area (Å²) >= 11 is 0. The summed E-state index contributed by atoms with van der Waals surface area (Å²) in [6.45, 7) is 0. The fourth-order valence-corrected chi connectivity index (χ4v) is 1.45. The Morgan fingerprint density at radius 3 is 2.65 bits per heavy atom. The van der Waals surface area contributed by atoms with Crippen molar-refractivity contribution < 1.29 is 4.42 Å². The predicted molar refractivity (Wildman–Crippen MR) is 57.9 cm³/mol. The summed E-state index contributed by atoms with van der Waals surface area (Å²) in [6, 6.07) is 5.41. The van der Waals surface area contributed by atoms with Gasteiger partial charge in [-0.15, -0.1) is 5.10 Å². The van der Waals surface area contributed by atoms with Gasteiger partial charge in [-0.3, -0.25) is 10.1 Å². The van der Waals surface area contributed by atoms with Gasteiger partial charge in [-0.25, -0.2) is 9.89 Å². The van der Waals surface area contributed by atoms with E-state index in [1.54, 1.807) is 18.5 Å². The summed E-state index contributed by atoms with van der Waals surface area (Å²) in [5.41, 5.74) is 2.18. The molecule has 0 bridgehead atoms. The van der Waals surface area contributed by atoms with Gasteiger partial charge in [-0.1, -0.05) is 0 Å². The van der Waals surface area contributed by atoms with Crippen molar-refractivity contribution in [2.45, 2.75) is 0 Å². The monoisotopic (exact) mass is 229 g/mol. The molecule has 0 fully saturated rings. The Labute approximate surface area is 94.5 Å². The molecule has 17 heavy (non-hydrogen) atoms. The quantitative estimate of drug-likeness (QED) is 0.677. The highest BCUT2D eigenvalue weighted by Gasteiger charge is 2.10. The summed E-state index contributed by atoms with van der Waals surface area (Å²) in [5.74, 6) is -0.414. The van der Waals surface area contributed by atoms with Gasteiger partial charge in [-0.05, 0) is 18.2 Å². The third-order valence-corrected chi connectivity index (χ3v) is 2.22. The van der Waals surface area contributed by atoms with Crippen molar-refractivity contribution in [3.05, 3.63) is 41.1 Å². The summed E-state index contributed by atoms with van der Waals surface area (Å²) in [4.78, 5) is 14.7. The second-order valence-electron chi connectivity index (χ2n) is 3.32. The molecule has 0 radical (unpaired) electrons. The van der Waals surface area contributed by atoms with E-state index in [4.69, 9.17) is 4.42 Å². The molecule has 0 aliphatic rings. The summed E-state index contributed by atoms with van der Waals surface area (Å²) in [5, 5.41) is 12.7. The first-order chi connectivity index (χ1) is 8.33. The van der Waals surface area contributed by atoms with Gasteiger partial charge in [0, 0.05) is 18.0 Å². The summed E-state index contributed by atoms with van der Waals surface area (Å²) in [7, 11) is 0. The first-order valence-electron chi connectivity index (χ1n) is 4.84. The Bertz CT molecular complexity index is 682. The molecule has 2 N–H and O–H groups in total. The van der Waals surface area contributed by atoms with Gasteiger partial charge in [0.05, 0.1) is 5.69 Å². The summed E-state index contributed by atoms with van der Waals surface area (Å²) < 4.78 is 4.81. The molecule has 0 aliphatic heterocycles. The van der Waals surface area contributed by atoms with Crippen LogP contribution in [0.15, 0.2) is 39.8 Å². The lowest BCUT2D eigenvalue weighted by Crippen LogP contribution is -1.93. The highest BCUT2D eigenvalue weighted by atomic mass is 16.4. The van der Waals surface area contributed by atoms with Crippen LogP contribution in [0.5, 0.6) is 0 Å². The number of aromatic nitrogens is 5. The van der Waals surface area contributed by atoms with E-state index in [-0.39, 0.29) is 5.89 Å². The van der Waals surface area contributed by atoms with E-state index >= 15 is 0 Å². The zero-order chi connectivity index (χ0) is 11.7. The maximum atomic E-state index is 10.8. The normalized spacial score (nSPS) is 10.6. The zero-order valence-electron chi connectivity index (χ0n) is 8.54. The first-order valence-corrected chi connectivity index (χ1v) is 4.84. The number of aromatic amines is 2. The molecule has 0 spiro atoms. The standard InChI is InChI=1S/C10H7N5O2/c16-10-15-14-9(17-10)8-5-7(12-13-8)6-1-3-11-4-2-6/h1-5H,(H,12,13)(H,15,16). The van der Waals surface area contributed by atoms with Gasteiger partial charge in [0.2, 0.25) is 0 Å². The van der Waals surface area contributed by atoms with Crippen LogP contribution in [0.2, 0.25) is 0 Å². The van der Waals surface area contributed by atoms with E-state index < -0.39 is 5.76 Å². The van der Waals surface area contributed by atoms with Gasteiger partial charge < -0.3 is 4.42 Å². The lowest BCUT2D eigenvalue weighted by molar-refractivity contribution is 0.525. The van der Waals surface area contributed by atoms with E-state index in [2.05, 4.69) is 25.4 Å². The van der Waals surface area contributed by atoms with E-state index in [0.717, 1.165) is 11.3 Å². The van der Waals surface area contributed by atoms with Gasteiger partial charge in [-0.2, -0.15) is 5.10 Å². The highest BCUT2D eigenvalue weighted by Crippen LogP contribution is 2.20. The van der Waals surface area contributed by atoms with Crippen LogP contribution in [-0.4, -0.2) is 25.4 Å². The number of nitrogens with one attached hydrogen (secondary N) is 2. The van der Waals surface area contributed by atoms with Crippen LogP contribution in [0, 0.1) is 0 Å². The van der Waals surface area contributed by atoms with Gasteiger partial charge in [0.1, 0.15) is 5.69 Å². The first kappa shape index (κ1) is 9.52. The number of hydrogen-bond donors (Lipinski definition) is 2. The number of H-pyrrole nitrogens is 2. The molecule has 0 saturated heterocycles. The highest BCUT2D eigenvalue weighted by molar-refractivity contribution is 5.63. The molecule has 3 rings (SSSR count). The topological polar surface area (TPSA) is 100 Å².